The van der Waals surface area contributed by atoms with E-state index in [1.54, 1.807) is 36.7 Å². The lowest BCUT2D eigenvalue weighted by molar-refractivity contribution is -0.120. The average molecular weight is 503 g/mol. The summed E-state index contributed by atoms with van der Waals surface area (Å²) < 4.78 is 5.61. The van der Waals surface area contributed by atoms with E-state index in [9.17, 15) is 14.4 Å². The summed E-state index contributed by atoms with van der Waals surface area (Å²) in [6, 6.07) is 19.4. The molecule has 2 unspecified atom stereocenters. The van der Waals surface area contributed by atoms with Crippen molar-refractivity contribution in [3.63, 3.8) is 0 Å². The normalized spacial score (nSPS) is 18.9. The van der Waals surface area contributed by atoms with Gasteiger partial charge in [0.05, 0.1) is 0 Å². The van der Waals surface area contributed by atoms with E-state index in [1.807, 2.05) is 42.5 Å². The van der Waals surface area contributed by atoms with Crippen LogP contribution in [0.25, 0.3) is 0 Å². The Kier molecular flexibility index (Phi) is 7.18. The molecular formula is C27H26N4O4S. The summed E-state index contributed by atoms with van der Waals surface area (Å²) in [4.78, 5) is 44.3. The number of ether oxygens (including phenoxy) is 1. The van der Waals surface area contributed by atoms with Crippen molar-refractivity contribution < 1.29 is 19.1 Å². The van der Waals surface area contributed by atoms with Crippen molar-refractivity contribution >= 4 is 35.4 Å². The van der Waals surface area contributed by atoms with Crippen molar-refractivity contribution in [3.8, 4) is 0 Å². The van der Waals surface area contributed by atoms with E-state index in [0.29, 0.717) is 17.0 Å². The van der Waals surface area contributed by atoms with Crippen LogP contribution in [0, 0.1) is 0 Å². The zero-order valence-electron chi connectivity index (χ0n) is 19.5. The zero-order valence-corrected chi connectivity index (χ0v) is 20.3. The number of hydrogen-bond donors (Lipinski definition) is 2. The average Bonchev–Trinajstić information content (AvgIpc) is 3.62. The van der Waals surface area contributed by atoms with E-state index in [4.69, 9.17) is 4.74 Å². The Morgan fingerprint density at radius 3 is 2.39 bits per heavy atom. The first-order valence-electron chi connectivity index (χ1n) is 11.8. The first-order valence-corrected chi connectivity index (χ1v) is 12.9. The van der Waals surface area contributed by atoms with Gasteiger partial charge in [-0.2, -0.15) is 0 Å². The molecule has 1 aliphatic heterocycles. The predicted molar refractivity (Wildman–Crippen MR) is 137 cm³/mol. The molecule has 0 spiro atoms. The highest BCUT2D eigenvalue weighted by atomic mass is 32.2. The van der Waals surface area contributed by atoms with E-state index < -0.39 is 12.1 Å². The molecule has 36 heavy (non-hydrogen) atoms. The molecule has 0 radical (unpaired) electrons. The van der Waals surface area contributed by atoms with Gasteiger partial charge in [0, 0.05) is 35.4 Å². The number of rotatable bonds is 7. The highest BCUT2D eigenvalue weighted by molar-refractivity contribution is 7.99. The van der Waals surface area contributed by atoms with Gasteiger partial charge in [-0.15, -0.1) is 11.8 Å². The van der Waals surface area contributed by atoms with Crippen LogP contribution in [0.2, 0.25) is 0 Å². The number of amides is 3. The van der Waals surface area contributed by atoms with Crippen LogP contribution in [-0.2, 0) is 16.1 Å². The molecule has 2 heterocycles. The Labute approximate surface area is 213 Å². The monoisotopic (exact) mass is 502 g/mol. The minimum atomic E-state index is -0.728. The first-order chi connectivity index (χ1) is 17.6. The van der Waals surface area contributed by atoms with Gasteiger partial charge >= 0.3 is 6.09 Å². The molecule has 2 aromatic carbocycles. The SMILES string of the molecule is O=C(NC1CC1)c1ccc(NC(=O)C2CSC(c3ccncc3)N2C(=O)OCc2ccccc2)cc1. The van der Waals surface area contributed by atoms with Crippen LogP contribution < -0.4 is 10.6 Å². The molecule has 1 saturated carbocycles. The topological polar surface area (TPSA) is 101 Å². The number of carbonyl (C=O) groups excluding carboxylic acids is 3. The number of aromatic nitrogens is 1. The molecule has 9 heteroatoms. The number of nitrogens with one attached hydrogen (secondary N) is 2. The summed E-state index contributed by atoms with van der Waals surface area (Å²) in [6.45, 7) is 0.114. The molecule has 184 valence electrons. The molecule has 1 saturated heterocycles. The Balaban J connectivity index is 1.29. The van der Waals surface area contributed by atoms with Crippen molar-refractivity contribution in [1.82, 2.24) is 15.2 Å². The Morgan fingerprint density at radius 2 is 1.69 bits per heavy atom. The van der Waals surface area contributed by atoms with E-state index >= 15 is 0 Å². The van der Waals surface area contributed by atoms with Crippen molar-refractivity contribution in [3.05, 3.63) is 95.8 Å². The summed E-state index contributed by atoms with van der Waals surface area (Å²) in [6.07, 6.45) is 4.81. The van der Waals surface area contributed by atoms with Crippen molar-refractivity contribution in [2.75, 3.05) is 11.1 Å². The van der Waals surface area contributed by atoms with E-state index in [0.717, 1.165) is 24.0 Å². The molecule has 2 N–H and O–H groups in total. The maximum Gasteiger partial charge on any atom is 0.412 e. The lowest BCUT2D eigenvalue weighted by Crippen LogP contribution is -2.45. The van der Waals surface area contributed by atoms with Gasteiger partial charge in [0.1, 0.15) is 18.0 Å². The van der Waals surface area contributed by atoms with Crippen molar-refractivity contribution in [2.45, 2.75) is 36.9 Å². The molecule has 8 nitrogen and oxygen atoms in total. The molecule has 3 aromatic rings. The second-order valence-electron chi connectivity index (χ2n) is 8.74. The summed E-state index contributed by atoms with van der Waals surface area (Å²) in [5.74, 6) is -0.0118. The summed E-state index contributed by atoms with van der Waals surface area (Å²) in [7, 11) is 0. The largest absolute Gasteiger partial charge is 0.444 e. The number of hydrogen-bond acceptors (Lipinski definition) is 6. The van der Waals surface area contributed by atoms with Gasteiger partial charge in [-0.05, 0) is 60.4 Å². The minimum Gasteiger partial charge on any atom is -0.444 e. The smallest absolute Gasteiger partial charge is 0.412 e. The van der Waals surface area contributed by atoms with E-state index in [-0.39, 0.29) is 29.8 Å². The van der Waals surface area contributed by atoms with Gasteiger partial charge in [-0.1, -0.05) is 30.3 Å². The third-order valence-electron chi connectivity index (χ3n) is 6.04. The molecular weight excluding hydrogens is 476 g/mol. The number of nitrogens with zero attached hydrogens (tertiary/aromatic N) is 2. The summed E-state index contributed by atoms with van der Waals surface area (Å²) in [5.41, 5.74) is 2.83. The highest BCUT2D eigenvalue weighted by Crippen LogP contribution is 2.42. The fourth-order valence-electron chi connectivity index (χ4n) is 3.94. The van der Waals surface area contributed by atoms with Crippen LogP contribution in [0.4, 0.5) is 10.5 Å². The standard InChI is InChI=1S/C27H26N4O4S/c32-24(29-22-10-11-22)19-6-8-21(9-7-19)30-25(33)23-17-36-26(20-12-14-28-15-13-20)31(23)27(34)35-16-18-4-2-1-3-5-18/h1-9,12-15,22-23,26H,10-11,16-17H2,(H,29,32)(H,30,33). The summed E-state index contributed by atoms with van der Waals surface area (Å²) >= 11 is 1.50. The fraction of sp³-hybridized carbons (Fsp3) is 0.259. The third-order valence-corrected chi connectivity index (χ3v) is 7.36. The maximum absolute atomic E-state index is 13.3. The van der Waals surface area contributed by atoms with Gasteiger partial charge in [0.15, 0.2) is 0 Å². The van der Waals surface area contributed by atoms with Crippen molar-refractivity contribution in [1.29, 1.82) is 0 Å². The van der Waals surface area contributed by atoms with Crippen LogP contribution in [-0.4, -0.2) is 45.6 Å². The second kappa shape index (κ2) is 10.8. The Morgan fingerprint density at radius 1 is 0.972 bits per heavy atom. The third kappa shape index (κ3) is 5.68. The first kappa shape index (κ1) is 23.9. The molecule has 2 atom stereocenters. The predicted octanol–water partition coefficient (Wildman–Crippen LogP) is 4.37. The molecule has 0 bridgehead atoms. The minimum absolute atomic E-state index is 0.114. The maximum atomic E-state index is 13.3. The number of benzene rings is 2. The number of carbonyl (C=O) groups is 3. The van der Waals surface area contributed by atoms with Crippen molar-refractivity contribution in [2.24, 2.45) is 0 Å². The molecule has 5 rings (SSSR count). The molecule has 2 aliphatic rings. The van der Waals surface area contributed by atoms with Crippen LogP contribution in [0.5, 0.6) is 0 Å². The van der Waals surface area contributed by atoms with Crippen LogP contribution >= 0.6 is 11.8 Å². The van der Waals surface area contributed by atoms with Gasteiger partial charge < -0.3 is 15.4 Å². The van der Waals surface area contributed by atoms with Crippen LogP contribution in [0.3, 0.4) is 0 Å². The molecule has 1 aliphatic carbocycles. The Hall–Kier alpha value is -3.85. The number of anilines is 1. The zero-order chi connectivity index (χ0) is 24.9. The van der Waals surface area contributed by atoms with Gasteiger partial charge in [-0.3, -0.25) is 19.5 Å². The molecule has 2 fully saturated rings. The van der Waals surface area contributed by atoms with E-state index in [1.165, 1.54) is 16.7 Å². The molecule has 3 amide bonds. The van der Waals surface area contributed by atoms with E-state index in [2.05, 4.69) is 15.6 Å². The van der Waals surface area contributed by atoms with Crippen LogP contribution in [0.1, 0.15) is 39.7 Å². The van der Waals surface area contributed by atoms with Gasteiger partial charge in [0.2, 0.25) is 5.91 Å². The van der Waals surface area contributed by atoms with Gasteiger partial charge in [-0.25, -0.2) is 4.79 Å². The van der Waals surface area contributed by atoms with Gasteiger partial charge in [0.25, 0.3) is 5.91 Å². The fourth-order valence-corrected chi connectivity index (χ4v) is 5.36. The molecule has 1 aromatic heterocycles. The lowest BCUT2D eigenvalue weighted by Gasteiger charge is -2.28. The summed E-state index contributed by atoms with van der Waals surface area (Å²) in [5, 5.41) is 5.46. The Bertz CT molecular complexity index is 1220. The van der Waals surface area contributed by atoms with Crippen LogP contribution in [0.15, 0.2) is 79.1 Å². The second-order valence-corrected chi connectivity index (χ2v) is 9.86. The highest BCUT2D eigenvalue weighted by Gasteiger charge is 2.43. The number of pyridine rings is 1. The number of thioether (sulfide) groups is 1. The lowest BCUT2D eigenvalue weighted by atomic mass is 10.1. The quantitative estimate of drug-likeness (QED) is 0.498.